The number of allylic oxidation sites excluding steroid dienone is 4. The van der Waals surface area contributed by atoms with E-state index in [-0.39, 0.29) is 47.3 Å². The maximum atomic E-state index is 13.7. The average Bonchev–Trinajstić information content (AvgIpc) is 2.95. The van der Waals surface area contributed by atoms with Crippen LogP contribution in [-0.2, 0) is 28.6 Å². The van der Waals surface area contributed by atoms with Gasteiger partial charge in [0.15, 0.2) is 6.10 Å². The Hall–Kier alpha value is -3.29. The number of aliphatic hydroxyl groups excluding tert-OH is 1. The minimum Gasteiger partial charge on any atom is -0.439 e. The number of carbonyl (C=O) groups is 4. The lowest BCUT2D eigenvalue weighted by Crippen LogP contribution is -2.38. The zero-order valence-corrected chi connectivity index (χ0v) is 28.2. The Balaban J connectivity index is 0.0000101. The number of hydrogen-bond acceptors (Lipinski definition) is 10. The van der Waals surface area contributed by atoms with Crippen molar-refractivity contribution in [2.45, 2.75) is 65.0 Å². The van der Waals surface area contributed by atoms with Crippen molar-refractivity contribution in [3.63, 3.8) is 0 Å². The normalized spacial score (nSPS) is 30.3. The molecule has 5 N–H and O–H groups in total. The molecule has 0 saturated heterocycles. The number of nitrogens with one attached hydrogen (secondary N) is 2. The smallest absolute Gasteiger partial charge is 0.405 e. The van der Waals surface area contributed by atoms with Gasteiger partial charge in [-0.2, -0.15) is 0 Å². The number of ether oxygens (including phenoxy) is 3. The van der Waals surface area contributed by atoms with Crippen LogP contribution in [0.3, 0.4) is 0 Å². The van der Waals surface area contributed by atoms with E-state index in [4.69, 9.17) is 19.9 Å². The fourth-order valence-corrected chi connectivity index (χ4v) is 5.18. The number of amides is 2. The van der Waals surface area contributed by atoms with E-state index in [1.165, 1.54) is 20.3 Å². The van der Waals surface area contributed by atoms with E-state index in [1.807, 2.05) is 32.8 Å². The Morgan fingerprint density at radius 3 is 2.40 bits per heavy atom. The molecule has 2 rings (SSSR count). The topological polar surface area (TPSA) is 170 Å². The highest BCUT2D eigenvalue weighted by Gasteiger charge is 2.33. The first-order chi connectivity index (χ1) is 20.7. The Labute approximate surface area is 272 Å². The van der Waals surface area contributed by atoms with Gasteiger partial charge in [-0.15, -0.1) is 12.4 Å². The van der Waals surface area contributed by atoms with Crippen molar-refractivity contribution in [2.24, 2.45) is 17.6 Å². The lowest BCUT2D eigenvalue weighted by molar-refractivity contribution is -0.120. The van der Waals surface area contributed by atoms with Gasteiger partial charge >= 0.3 is 6.09 Å². The molecule has 0 aromatic rings. The van der Waals surface area contributed by atoms with Crippen molar-refractivity contribution in [2.75, 3.05) is 41.4 Å². The quantitative estimate of drug-likeness (QED) is 0.237. The Morgan fingerprint density at radius 2 is 1.82 bits per heavy atom. The summed E-state index contributed by atoms with van der Waals surface area (Å²) in [5.41, 5.74) is 6.55. The number of ketones is 2. The lowest BCUT2D eigenvalue weighted by Gasteiger charge is -2.30. The fourth-order valence-electron chi connectivity index (χ4n) is 5.18. The van der Waals surface area contributed by atoms with Crippen LogP contribution in [0.4, 0.5) is 4.79 Å². The Kier molecular flexibility index (Phi) is 16.4. The van der Waals surface area contributed by atoms with Crippen LogP contribution in [0.5, 0.6) is 0 Å². The summed E-state index contributed by atoms with van der Waals surface area (Å²) in [6.45, 7) is 8.09. The second-order valence-electron chi connectivity index (χ2n) is 11.7. The number of carbonyl (C=O) groups excluding carboxylic acids is 4. The largest absolute Gasteiger partial charge is 0.439 e. The number of primary amides is 1. The minimum absolute atomic E-state index is 0. The third kappa shape index (κ3) is 11.5. The predicted molar refractivity (Wildman–Crippen MR) is 173 cm³/mol. The summed E-state index contributed by atoms with van der Waals surface area (Å²) in [6, 6.07) is 0. The predicted octanol–water partition coefficient (Wildman–Crippen LogP) is 2.34. The van der Waals surface area contributed by atoms with Gasteiger partial charge in [0.25, 0.3) is 5.91 Å². The number of rotatable bonds is 7. The van der Waals surface area contributed by atoms with Gasteiger partial charge in [0.1, 0.15) is 6.10 Å². The van der Waals surface area contributed by atoms with Gasteiger partial charge < -0.3 is 40.6 Å². The van der Waals surface area contributed by atoms with Gasteiger partial charge in [-0.05, 0) is 52.3 Å². The Morgan fingerprint density at radius 1 is 1.16 bits per heavy atom. The van der Waals surface area contributed by atoms with Gasteiger partial charge in [-0.3, -0.25) is 14.4 Å². The maximum Gasteiger partial charge on any atom is 0.405 e. The minimum atomic E-state index is -0.997. The molecule has 2 amide bonds. The molecule has 12 nitrogen and oxygen atoms in total. The third-order valence-electron chi connectivity index (χ3n) is 7.65. The second-order valence-corrected chi connectivity index (χ2v) is 11.7. The van der Waals surface area contributed by atoms with Crippen LogP contribution in [-0.4, -0.2) is 99.4 Å². The maximum absolute atomic E-state index is 13.7. The van der Waals surface area contributed by atoms with E-state index in [0.717, 1.165) is 6.08 Å². The van der Waals surface area contributed by atoms with Crippen LogP contribution < -0.4 is 16.4 Å². The van der Waals surface area contributed by atoms with Crippen molar-refractivity contribution in [1.82, 2.24) is 15.5 Å². The van der Waals surface area contributed by atoms with Crippen molar-refractivity contribution in [3.8, 4) is 0 Å². The van der Waals surface area contributed by atoms with E-state index in [9.17, 15) is 24.3 Å². The molecule has 13 heteroatoms. The molecule has 1 aliphatic heterocycles. The number of aliphatic hydroxyl groups is 1. The molecule has 2 bridgehead atoms. The molecule has 0 saturated carbocycles. The molecule has 6 atom stereocenters. The van der Waals surface area contributed by atoms with Crippen LogP contribution in [0.25, 0.3) is 0 Å². The molecule has 2 aliphatic rings. The highest BCUT2D eigenvalue weighted by atomic mass is 35.5. The van der Waals surface area contributed by atoms with E-state index in [1.54, 1.807) is 32.1 Å². The van der Waals surface area contributed by atoms with Gasteiger partial charge in [-0.1, -0.05) is 38.2 Å². The van der Waals surface area contributed by atoms with Crippen molar-refractivity contribution < 1.29 is 38.5 Å². The number of methoxy groups -OCH3 is 2. The number of nitrogens with two attached hydrogens (primary N) is 1. The summed E-state index contributed by atoms with van der Waals surface area (Å²) >= 11 is 0. The standard InChI is InChI=1S/C32H48N4O8.ClH/c1-18-14-22-27(34-12-13-36(5)6)24(37)17-23(29(22)39)35-31(40)19(2)10-9-11-25(42-7)30(44-32(33)41)21(4)16-20(3)28(38)26(15-18)43-8;/h9-11,16-18,20,25-26,28,30,34,38H,12-15H2,1-8H3,(H2,33,41)(H,35,40);1H/b11-9+,19-10+,21-16+;/t18-,20+,25?,26-,28-,30?;/m1./s1. The monoisotopic (exact) mass is 652 g/mol. The molecule has 2 unspecified atom stereocenters. The van der Waals surface area contributed by atoms with E-state index in [0.29, 0.717) is 25.1 Å². The summed E-state index contributed by atoms with van der Waals surface area (Å²) in [5, 5.41) is 17.0. The molecular formula is C32H49ClN4O8. The van der Waals surface area contributed by atoms with E-state index >= 15 is 0 Å². The van der Waals surface area contributed by atoms with Gasteiger partial charge in [0, 0.05) is 50.4 Å². The SMILES string of the molecule is COC1/C=C/C=C(\C)C(=O)NC2=CC(=O)C(NCCN(C)C)=C(C[C@@H](C)C[C@@H](OC)[C@H](O)[C@@H](C)/C=C(\C)C1OC(N)=O)C2=O.Cl. The van der Waals surface area contributed by atoms with Gasteiger partial charge in [-0.25, -0.2) is 4.79 Å². The van der Waals surface area contributed by atoms with Crippen LogP contribution >= 0.6 is 12.4 Å². The summed E-state index contributed by atoms with van der Waals surface area (Å²) < 4.78 is 16.6. The van der Waals surface area contributed by atoms with Crippen LogP contribution in [0.1, 0.15) is 40.5 Å². The van der Waals surface area contributed by atoms with E-state index < -0.39 is 53.9 Å². The summed E-state index contributed by atoms with van der Waals surface area (Å²) in [6.07, 6.45) is 3.88. The van der Waals surface area contributed by atoms with Crippen LogP contribution in [0.2, 0.25) is 0 Å². The molecule has 0 aromatic heterocycles. The number of Topliss-reactive ketones (excluding diaryl/α,β-unsaturated/α-hetero) is 1. The first kappa shape index (κ1) is 39.7. The molecule has 0 radical (unpaired) electrons. The molecule has 0 fully saturated rings. The first-order valence-corrected chi connectivity index (χ1v) is 14.7. The third-order valence-corrected chi connectivity index (χ3v) is 7.65. The number of nitrogens with zero attached hydrogens (tertiary/aromatic N) is 1. The zero-order chi connectivity index (χ0) is 33.1. The molecule has 45 heavy (non-hydrogen) atoms. The van der Waals surface area contributed by atoms with Crippen molar-refractivity contribution in [3.05, 3.63) is 58.5 Å². The van der Waals surface area contributed by atoms with E-state index in [2.05, 4.69) is 10.6 Å². The zero-order valence-electron chi connectivity index (χ0n) is 27.4. The van der Waals surface area contributed by atoms with Gasteiger partial charge in [0.2, 0.25) is 11.6 Å². The van der Waals surface area contributed by atoms with Crippen LogP contribution in [0, 0.1) is 11.8 Å². The average molecular weight is 653 g/mol. The van der Waals surface area contributed by atoms with Crippen LogP contribution in [0.15, 0.2) is 58.5 Å². The Bertz CT molecular complexity index is 1240. The summed E-state index contributed by atoms with van der Waals surface area (Å²) in [5.74, 6) is -2.06. The number of hydrogen-bond donors (Lipinski definition) is 4. The molecule has 1 heterocycles. The molecular weight excluding hydrogens is 604 g/mol. The lowest BCUT2D eigenvalue weighted by atomic mass is 9.85. The van der Waals surface area contributed by atoms with Gasteiger partial charge in [0.05, 0.1) is 23.6 Å². The second kappa shape index (κ2) is 18.6. The highest BCUT2D eigenvalue weighted by Crippen LogP contribution is 2.28. The van der Waals surface area contributed by atoms with Crippen molar-refractivity contribution in [1.29, 1.82) is 0 Å². The number of halogens is 1. The first-order valence-electron chi connectivity index (χ1n) is 14.7. The molecule has 252 valence electrons. The number of likely N-dealkylation sites (N-methyl/N-ethyl adjacent to an activating group) is 1. The van der Waals surface area contributed by atoms with Crippen molar-refractivity contribution >= 4 is 36.0 Å². The molecule has 0 spiro atoms. The number of fused-ring (bicyclic) bond motifs is 2. The molecule has 0 aromatic carbocycles. The molecule has 1 aliphatic carbocycles. The summed E-state index contributed by atoms with van der Waals surface area (Å²) in [4.78, 5) is 53.7. The highest BCUT2D eigenvalue weighted by molar-refractivity contribution is 6.23. The fraction of sp³-hybridized carbons (Fsp3) is 0.562. The summed E-state index contributed by atoms with van der Waals surface area (Å²) in [7, 11) is 6.74.